The van der Waals surface area contributed by atoms with Gasteiger partial charge in [0.25, 0.3) is 5.91 Å². The fraction of sp³-hybridized carbons (Fsp3) is 0.312. The highest BCUT2D eigenvalue weighted by molar-refractivity contribution is 6.32. The molecular formula is C16H18ClN3O2. The lowest BCUT2D eigenvalue weighted by atomic mass is 10.1. The molecular weight excluding hydrogens is 302 g/mol. The fourth-order valence-corrected chi connectivity index (χ4v) is 2.19. The van der Waals surface area contributed by atoms with E-state index in [9.17, 15) is 4.79 Å². The second-order valence-corrected chi connectivity index (χ2v) is 5.59. The highest BCUT2D eigenvalue weighted by Gasteiger charge is 2.14. The SMILES string of the molecule is COc1ccc(NC(=O)c2cnc(C(C)C)nc2C)cc1Cl. The summed E-state index contributed by atoms with van der Waals surface area (Å²) in [6.07, 6.45) is 1.55. The lowest BCUT2D eigenvalue weighted by Gasteiger charge is -2.10. The molecule has 1 aromatic heterocycles. The Bertz CT molecular complexity index is 702. The van der Waals surface area contributed by atoms with Gasteiger partial charge in [-0.2, -0.15) is 0 Å². The summed E-state index contributed by atoms with van der Waals surface area (Å²) < 4.78 is 5.08. The first kappa shape index (κ1) is 16.2. The van der Waals surface area contributed by atoms with Crippen LogP contribution in [0.3, 0.4) is 0 Å². The Labute approximate surface area is 134 Å². The summed E-state index contributed by atoms with van der Waals surface area (Å²) in [5.41, 5.74) is 1.68. The van der Waals surface area contributed by atoms with Crippen LogP contribution in [0.5, 0.6) is 5.75 Å². The number of nitrogens with one attached hydrogen (secondary N) is 1. The van der Waals surface area contributed by atoms with Gasteiger partial charge in [-0.15, -0.1) is 0 Å². The van der Waals surface area contributed by atoms with Crippen molar-refractivity contribution < 1.29 is 9.53 Å². The molecule has 1 aromatic carbocycles. The summed E-state index contributed by atoms with van der Waals surface area (Å²) in [6, 6.07) is 5.06. The molecule has 2 rings (SSSR count). The summed E-state index contributed by atoms with van der Waals surface area (Å²) >= 11 is 6.04. The number of carbonyl (C=O) groups excluding carboxylic acids is 1. The third-order valence-electron chi connectivity index (χ3n) is 3.17. The zero-order valence-electron chi connectivity index (χ0n) is 13.0. The summed E-state index contributed by atoms with van der Waals surface area (Å²) in [7, 11) is 1.54. The van der Waals surface area contributed by atoms with Gasteiger partial charge in [0.1, 0.15) is 11.6 Å². The second-order valence-electron chi connectivity index (χ2n) is 5.19. The molecule has 116 valence electrons. The lowest BCUT2D eigenvalue weighted by molar-refractivity contribution is 0.102. The maximum absolute atomic E-state index is 12.3. The number of rotatable bonds is 4. The van der Waals surface area contributed by atoms with Gasteiger partial charge >= 0.3 is 0 Å². The number of methoxy groups -OCH3 is 1. The van der Waals surface area contributed by atoms with Gasteiger partial charge in [0.05, 0.1) is 23.4 Å². The van der Waals surface area contributed by atoms with Crippen molar-refractivity contribution in [2.75, 3.05) is 12.4 Å². The van der Waals surface area contributed by atoms with Crippen LogP contribution in [0.25, 0.3) is 0 Å². The summed E-state index contributed by atoms with van der Waals surface area (Å²) in [5, 5.41) is 3.21. The van der Waals surface area contributed by atoms with E-state index >= 15 is 0 Å². The molecule has 0 aliphatic rings. The predicted molar refractivity (Wildman–Crippen MR) is 86.8 cm³/mol. The standard InChI is InChI=1S/C16H18ClN3O2/c1-9(2)15-18-8-12(10(3)19-15)16(21)20-11-5-6-14(22-4)13(17)7-11/h5-9H,1-4H3,(H,20,21). The van der Waals surface area contributed by atoms with E-state index in [2.05, 4.69) is 15.3 Å². The molecule has 0 radical (unpaired) electrons. The van der Waals surface area contributed by atoms with Crippen molar-refractivity contribution in [1.82, 2.24) is 9.97 Å². The molecule has 22 heavy (non-hydrogen) atoms. The zero-order valence-corrected chi connectivity index (χ0v) is 13.7. The van der Waals surface area contributed by atoms with Crippen LogP contribution in [-0.2, 0) is 0 Å². The van der Waals surface area contributed by atoms with Crippen molar-refractivity contribution in [1.29, 1.82) is 0 Å². The number of halogens is 1. The number of hydrogen-bond acceptors (Lipinski definition) is 4. The second kappa shape index (κ2) is 6.75. The van der Waals surface area contributed by atoms with Crippen LogP contribution in [0.2, 0.25) is 5.02 Å². The number of aryl methyl sites for hydroxylation is 1. The Hall–Kier alpha value is -2.14. The molecule has 1 N–H and O–H groups in total. The monoisotopic (exact) mass is 319 g/mol. The molecule has 0 fully saturated rings. The Morgan fingerprint density at radius 3 is 2.64 bits per heavy atom. The van der Waals surface area contributed by atoms with Gasteiger partial charge in [-0.1, -0.05) is 25.4 Å². The third kappa shape index (κ3) is 3.54. The van der Waals surface area contributed by atoms with Crippen LogP contribution < -0.4 is 10.1 Å². The van der Waals surface area contributed by atoms with Gasteiger partial charge in [-0.3, -0.25) is 4.79 Å². The molecule has 0 atom stereocenters. The smallest absolute Gasteiger partial charge is 0.259 e. The normalized spacial score (nSPS) is 10.6. The highest BCUT2D eigenvalue weighted by atomic mass is 35.5. The highest BCUT2D eigenvalue weighted by Crippen LogP contribution is 2.27. The number of aromatic nitrogens is 2. The molecule has 1 amide bonds. The molecule has 2 aromatic rings. The summed E-state index contributed by atoms with van der Waals surface area (Å²) in [6.45, 7) is 5.81. The molecule has 0 bridgehead atoms. The minimum Gasteiger partial charge on any atom is -0.495 e. The number of hydrogen-bond donors (Lipinski definition) is 1. The molecule has 0 saturated heterocycles. The molecule has 6 heteroatoms. The van der Waals surface area contributed by atoms with Gasteiger partial charge < -0.3 is 10.1 Å². The van der Waals surface area contributed by atoms with Crippen LogP contribution in [-0.4, -0.2) is 23.0 Å². The lowest BCUT2D eigenvalue weighted by Crippen LogP contribution is -2.15. The van der Waals surface area contributed by atoms with E-state index in [0.717, 1.165) is 5.82 Å². The molecule has 5 nitrogen and oxygen atoms in total. The van der Waals surface area contributed by atoms with Gasteiger partial charge in [-0.25, -0.2) is 9.97 Å². The van der Waals surface area contributed by atoms with Crippen molar-refractivity contribution in [2.24, 2.45) is 0 Å². The average molecular weight is 320 g/mol. The zero-order chi connectivity index (χ0) is 16.3. The average Bonchev–Trinajstić information content (AvgIpc) is 2.47. The summed E-state index contributed by atoms with van der Waals surface area (Å²) in [5.74, 6) is 1.23. The minimum absolute atomic E-state index is 0.219. The Morgan fingerprint density at radius 1 is 1.36 bits per heavy atom. The number of carbonyl (C=O) groups is 1. The Balaban J connectivity index is 2.20. The number of nitrogens with zero attached hydrogens (tertiary/aromatic N) is 2. The Morgan fingerprint density at radius 2 is 2.09 bits per heavy atom. The van der Waals surface area contributed by atoms with Crippen LogP contribution in [0.4, 0.5) is 5.69 Å². The largest absolute Gasteiger partial charge is 0.495 e. The van der Waals surface area contributed by atoms with Crippen molar-refractivity contribution in [3.05, 3.63) is 46.5 Å². The minimum atomic E-state index is -0.269. The quantitative estimate of drug-likeness (QED) is 0.930. The maximum Gasteiger partial charge on any atom is 0.259 e. The fourth-order valence-electron chi connectivity index (χ4n) is 1.93. The molecule has 0 unspecified atom stereocenters. The van der Waals surface area contributed by atoms with Crippen LogP contribution >= 0.6 is 11.6 Å². The van der Waals surface area contributed by atoms with E-state index in [-0.39, 0.29) is 11.8 Å². The summed E-state index contributed by atoms with van der Waals surface area (Å²) in [4.78, 5) is 20.9. The van der Waals surface area contributed by atoms with E-state index < -0.39 is 0 Å². The third-order valence-corrected chi connectivity index (χ3v) is 3.46. The number of ether oxygens (including phenoxy) is 1. The molecule has 0 spiro atoms. The van der Waals surface area contributed by atoms with E-state index in [4.69, 9.17) is 16.3 Å². The maximum atomic E-state index is 12.3. The first-order chi connectivity index (χ1) is 10.4. The van der Waals surface area contributed by atoms with Gasteiger partial charge in [0, 0.05) is 17.8 Å². The number of amides is 1. The van der Waals surface area contributed by atoms with E-state index in [0.29, 0.717) is 27.7 Å². The van der Waals surface area contributed by atoms with E-state index in [1.807, 2.05) is 13.8 Å². The van der Waals surface area contributed by atoms with Gasteiger partial charge in [-0.05, 0) is 25.1 Å². The van der Waals surface area contributed by atoms with E-state index in [1.165, 1.54) is 7.11 Å². The first-order valence-electron chi connectivity index (χ1n) is 6.90. The van der Waals surface area contributed by atoms with Crippen molar-refractivity contribution in [3.8, 4) is 5.75 Å². The Kier molecular flexibility index (Phi) is 4.98. The molecule has 0 aliphatic carbocycles. The molecule has 1 heterocycles. The number of benzene rings is 1. The first-order valence-corrected chi connectivity index (χ1v) is 7.28. The number of anilines is 1. The van der Waals surface area contributed by atoms with Crippen LogP contribution in [0.15, 0.2) is 24.4 Å². The van der Waals surface area contributed by atoms with Crippen LogP contribution in [0, 0.1) is 6.92 Å². The van der Waals surface area contributed by atoms with Crippen molar-refractivity contribution in [3.63, 3.8) is 0 Å². The molecule has 0 saturated carbocycles. The van der Waals surface area contributed by atoms with Crippen molar-refractivity contribution >= 4 is 23.2 Å². The van der Waals surface area contributed by atoms with E-state index in [1.54, 1.807) is 31.3 Å². The van der Waals surface area contributed by atoms with Gasteiger partial charge in [0.15, 0.2) is 0 Å². The van der Waals surface area contributed by atoms with Gasteiger partial charge in [0.2, 0.25) is 0 Å². The van der Waals surface area contributed by atoms with Crippen LogP contribution in [0.1, 0.15) is 41.6 Å². The topological polar surface area (TPSA) is 64.1 Å². The predicted octanol–water partition coefficient (Wildman–Crippen LogP) is 3.82. The molecule has 0 aliphatic heterocycles. The van der Waals surface area contributed by atoms with Crippen molar-refractivity contribution in [2.45, 2.75) is 26.7 Å².